The summed E-state index contributed by atoms with van der Waals surface area (Å²) in [6, 6.07) is 14.6. The first-order valence-corrected chi connectivity index (χ1v) is 11.0. The summed E-state index contributed by atoms with van der Waals surface area (Å²) in [6.45, 7) is 15.4. The number of benzene rings is 2. The fourth-order valence-corrected chi connectivity index (χ4v) is 4.42. The lowest BCUT2D eigenvalue weighted by atomic mass is 9.86. The number of anilines is 1. The molecular weight excluding hydrogens is 370 g/mol. The number of rotatable bonds is 6. The van der Waals surface area contributed by atoms with Gasteiger partial charge in [0.05, 0.1) is 23.8 Å². The van der Waals surface area contributed by atoms with Crippen molar-refractivity contribution in [2.75, 3.05) is 11.5 Å². The Hall–Kier alpha value is -2.55. The summed E-state index contributed by atoms with van der Waals surface area (Å²) in [5, 5.41) is 0. The molecule has 1 unspecified atom stereocenters. The molecule has 2 aromatic carbocycles. The van der Waals surface area contributed by atoms with Gasteiger partial charge in [0.25, 0.3) is 0 Å². The highest BCUT2D eigenvalue weighted by atomic mass is 16.5. The Morgan fingerprint density at radius 2 is 1.73 bits per heavy atom. The minimum atomic E-state index is -0.396. The predicted molar refractivity (Wildman–Crippen MR) is 126 cm³/mol. The number of fused-ring (bicyclic) bond motifs is 1. The van der Waals surface area contributed by atoms with Crippen LogP contribution in [0.2, 0.25) is 0 Å². The van der Waals surface area contributed by atoms with Crippen LogP contribution < -0.4 is 9.64 Å². The van der Waals surface area contributed by atoms with Crippen molar-refractivity contribution in [3.05, 3.63) is 65.2 Å². The van der Waals surface area contributed by atoms with Crippen LogP contribution in [0.25, 0.3) is 5.57 Å². The van der Waals surface area contributed by atoms with Gasteiger partial charge in [0.1, 0.15) is 5.75 Å². The summed E-state index contributed by atoms with van der Waals surface area (Å²) < 4.78 is 5.69. The maximum absolute atomic E-state index is 13.7. The van der Waals surface area contributed by atoms with Crippen LogP contribution in [-0.2, 0) is 11.2 Å². The van der Waals surface area contributed by atoms with E-state index in [0.29, 0.717) is 12.5 Å². The van der Waals surface area contributed by atoms with Crippen molar-refractivity contribution in [1.29, 1.82) is 0 Å². The normalized spacial score (nSPS) is 16.1. The molecular formula is C27H35NO2. The average molecular weight is 406 g/mol. The summed E-state index contributed by atoms with van der Waals surface area (Å²) in [7, 11) is 0. The van der Waals surface area contributed by atoms with E-state index < -0.39 is 5.54 Å². The van der Waals surface area contributed by atoms with E-state index in [1.165, 1.54) is 11.1 Å². The Morgan fingerprint density at radius 1 is 1.07 bits per heavy atom. The lowest BCUT2D eigenvalue weighted by Gasteiger charge is -2.43. The number of nitrogens with zero attached hydrogens (tertiary/aromatic N) is 1. The summed E-state index contributed by atoms with van der Waals surface area (Å²) in [5.41, 5.74) is 5.17. The third-order valence-corrected chi connectivity index (χ3v) is 5.81. The fourth-order valence-electron chi connectivity index (χ4n) is 4.42. The van der Waals surface area contributed by atoms with Gasteiger partial charge in [-0.3, -0.25) is 4.79 Å². The van der Waals surface area contributed by atoms with E-state index in [1.807, 2.05) is 36.9 Å². The zero-order valence-corrected chi connectivity index (χ0v) is 19.5. The Balaban J connectivity index is 1.94. The highest BCUT2D eigenvalue weighted by Crippen LogP contribution is 2.42. The van der Waals surface area contributed by atoms with Crippen LogP contribution in [0, 0.1) is 5.92 Å². The largest absolute Gasteiger partial charge is 0.494 e. The van der Waals surface area contributed by atoms with E-state index >= 15 is 0 Å². The van der Waals surface area contributed by atoms with E-state index in [2.05, 4.69) is 65.0 Å². The first kappa shape index (κ1) is 22.1. The number of allylic oxidation sites excluding steroid dienone is 1. The van der Waals surface area contributed by atoms with Gasteiger partial charge in [0, 0.05) is 5.56 Å². The average Bonchev–Trinajstić information content (AvgIpc) is 2.67. The molecule has 3 nitrogen and oxygen atoms in total. The molecule has 0 aliphatic carbocycles. The second-order valence-corrected chi connectivity index (χ2v) is 9.33. The Morgan fingerprint density at radius 3 is 2.33 bits per heavy atom. The smallest absolute Gasteiger partial charge is 0.235 e. The molecule has 2 aromatic rings. The first-order valence-electron chi connectivity index (χ1n) is 11.0. The van der Waals surface area contributed by atoms with Crippen molar-refractivity contribution in [3.8, 4) is 5.75 Å². The minimum Gasteiger partial charge on any atom is -0.494 e. The number of amides is 1. The fraction of sp³-hybridized carbons (Fsp3) is 0.444. The van der Waals surface area contributed by atoms with Crippen molar-refractivity contribution < 1.29 is 9.53 Å². The summed E-state index contributed by atoms with van der Waals surface area (Å²) in [4.78, 5) is 15.7. The zero-order valence-electron chi connectivity index (χ0n) is 19.5. The van der Waals surface area contributed by atoms with Gasteiger partial charge >= 0.3 is 0 Å². The lowest BCUT2D eigenvalue weighted by molar-refractivity contribution is -0.120. The van der Waals surface area contributed by atoms with E-state index in [4.69, 9.17) is 4.74 Å². The van der Waals surface area contributed by atoms with Crippen LogP contribution in [0.3, 0.4) is 0 Å². The number of ether oxygens (including phenoxy) is 1. The van der Waals surface area contributed by atoms with Gasteiger partial charge in [-0.15, -0.1) is 0 Å². The molecule has 0 N–H and O–H groups in total. The SMILES string of the molecule is CCOc1ccc2c(c1)C(C)=CC(C)(C)N2C(=O)C(C)c1ccc(CC(C)C)cc1. The number of hydrogen-bond donors (Lipinski definition) is 0. The van der Waals surface area contributed by atoms with Crippen LogP contribution in [0.5, 0.6) is 5.75 Å². The highest BCUT2D eigenvalue weighted by Gasteiger charge is 2.38. The monoisotopic (exact) mass is 405 g/mol. The number of carbonyl (C=O) groups is 1. The molecule has 3 heteroatoms. The van der Waals surface area contributed by atoms with Crippen molar-refractivity contribution >= 4 is 17.2 Å². The first-order chi connectivity index (χ1) is 14.1. The summed E-state index contributed by atoms with van der Waals surface area (Å²) in [6.07, 6.45) is 3.24. The topological polar surface area (TPSA) is 29.5 Å². The predicted octanol–water partition coefficient (Wildman–Crippen LogP) is 6.62. The van der Waals surface area contributed by atoms with Crippen molar-refractivity contribution in [3.63, 3.8) is 0 Å². The molecule has 0 fully saturated rings. The summed E-state index contributed by atoms with van der Waals surface area (Å²) in [5.74, 6) is 1.36. The Labute approximate surface area is 181 Å². The molecule has 1 heterocycles. The number of carbonyl (C=O) groups excluding carboxylic acids is 1. The van der Waals surface area contributed by atoms with Crippen LogP contribution in [0.4, 0.5) is 5.69 Å². The molecule has 3 rings (SSSR count). The molecule has 0 saturated heterocycles. The Kier molecular flexibility index (Phi) is 6.40. The van der Waals surface area contributed by atoms with E-state index in [-0.39, 0.29) is 11.8 Å². The molecule has 160 valence electrons. The molecule has 1 aliphatic rings. The van der Waals surface area contributed by atoms with Crippen LogP contribution >= 0.6 is 0 Å². The van der Waals surface area contributed by atoms with E-state index in [0.717, 1.165) is 29.0 Å². The van der Waals surface area contributed by atoms with Gasteiger partial charge in [0.2, 0.25) is 5.91 Å². The van der Waals surface area contributed by atoms with Crippen LogP contribution in [0.1, 0.15) is 71.1 Å². The van der Waals surface area contributed by atoms with Crippen LogP contribution in [0.15, 0.2) is 48.5 Å². The minimum absolute atomic E-state index is 0.116. The second-order valence-electron chi connectivity index (χ2n) is 9.33. The molecule has 0 saturated carbocycles. The third-order valence-electron chi connectivity index (χ3n) is 5.81. The standard InChI is InChI=1S/C27H35NO2/c1-8-30-23-13-14-25-24(16-23)19(4)17-27(6,7)28(25)26(29)20(5)22-11-9-21(10-12-22)15-18(2)3/h9-14,16-18,20H,8,15H2,1-7H3. The molecule has 0 aromatic heterocycles. The summed E-state index contributed by atoms with van der Waals surface area (Å²) >= 11 is 0. The second kappa shape index (κ2) is 8.67. The molecule has 0 radical (unpaired) electrons. The molecule has 1 aliphatic heterocycles. The zero-order chi connectivity index (χ0) is 22.1. The van der Waals surface area contributed by atoms with Gasteiger partial charge in [-0.1, -0.05) is 44.2 Å². The van der Waals surface area contributed by atoms with E-state index in [1.54, 1.807) is 0 Å². The van der Waals surface area contributed by atoms with Crippen molar-refractivity contribution in [2.24, 2.45) is 5.92 Å². The molecule has 1 amide bonds. The van der Waals surface area contributed by atoms with Gasteiger partial charge < -0.3 is 9.64 Å². The molecule has 30 heavy (non-hydrogen) atoms. The number of hydrogen-bond acceptors (Lipinski definition) is 2. The van der Waals surface area contributed by atoms with Crippen molar-refractivity contribution in [1.82, 2.24) is 0 Å². The lowest BCUT2D eigenvalue weighted by Crippen LogP contribution is -2.50. The van der Waals surface area contributed by atoms with E-state index in [9.17, 15) is 4.79 Å². The van der Waals surface area contributed by atoms with Gasteiger partial charge in [-0.2, -0.15) is 0 Å². The van der Waals surface area contributed by atoms with Crippen molar-refractivity contribution in [2.45, 2.75) is 66.3 Å². The third kappa shape index (κ3) is 4.45. The highest BCUT2D eigenvalue weighted by molar-refractivity contribution is 6.03. The molecule has 0 bridgehead atoms. The maximum atomic E-state index is 13.7. The van der Waals surface area contributed by atoms with Gasteiger partial charge in [-0.05, 0) is 81.9 Å². The van der Waals surface area contributed by atoms with Gasteiger partial charge in [-0.25, -0.2) is 0 Å². The Bertz CT molecular complexity index is 938. The quantitative estimate of drug-likeness (QED) is 0.541. The molecule has 1 atom stereocenters. The van der Waals surface area contributed by atoms with Crippen LogP contribution in [-0.4, -0.2) is 18.1 Å². The molecule has 0 spiro atoms. The maximum Gasteiger partial charge on any atom is 0.235 e. The van der Waals surface area contributed by atoms with Gasteiger partial charge in [0.15, 0.2) is 0 Å².